The van der Waals surface area contributed by atoms with Crippen LogP contribution in [-0.2, 0) is 33.2 Å². The second-order valence-electron chi connectivity index (χ2n) is 9.69. The molecular formula is C28H44N2O11. The monoisotopic (exact) mass is 584 g/mol. The molecule has 0 aliphatic carbocycles. The SMILES string of the molecule is COC(=O)c1cccc(OC(C)C(=O)NCCCOCCOCCOCCCNC(=O)OC(C)(C)C)c1C(=O)OC. The molecule has 13 heteroatoms. The molecule has 0 spiro atoms. The Kier molecular flexibility index (Phi) is 17.0. The summed E-state index contributed by atoms with van der Waals surface area (Å²) in [4.78, 5) is 48.2. The number of rotatable bonds is 19. The molecule has 2 N–H and O–H groups in total. The molecule has 0 bridgehead atoms. The molecule has 0 saturated heterocycles. The standard InChI is InChI=1S/C28H44N2O11/c1-20(40-22-11-7-10-21(25(32)35-5)23(22)26(33)36-6)24(31)29-12-8-14-37-16-18-39-19-17-38-15-9-13-30-27(34)41-28(2,3)4/h7,10-11,20H,8-9,12-19H2,1-6H3,(H,29,31)(H,30,34). The zero-order valence-electron chi connectivity index (χ0n) is 24.9. The first-order chi connectivity index (χ1) is 19.5. The van der Waals surface area contributed by atoms with Gasteiger partial charge in [-0.3, -0.25) is 4.79 Å². The summed E-state index contributed by atoms with van der Waals surface area (Å²) in [5, 5.41) is 5.41. The smallest absolute Gasteiger partial charge is 0.407 e. The number of alkyl carbamates (subject to hydrolysis) is 1. The third kappa shape index (κ3) is 15.2. The molecule has 1 unspecified atom stereocenters. The van der Waals surface area contributed by atoms with Gasteiger partial charge >= 0.3 is 18.0 Å². The summed E-state index contributed by atoms with van der Waals surface area (Å²) < 4.78 is 36.7. The van der Waals surface area contributed by atoms with E-state index in [0.717, 1.165) is 0 Å². The zero-order valence-corrected chi connectivity index (χ0v) is 24.9. The van der Waals surface area contributed by atoms with Crippen molar-refractivity contribution in [3.8, 4) is 5.75 Å². The summed E-state index contributed by atoms with van der Waals surface area (Å²) in [6.45, 7) is 10.4. The predicted octanol–water partition coefficient (Wildman–Crippen LogP) is 2.50. The van der Waals surface area contributed by atoms with E-state index in [9.17, 15) is 19.2 Å². The van der Waals surface area contributed by atoms with E-state index in [0.29, 0.717) is 65.6 Å². The van der Waals surface area contributed by atoms with Crippen molar-refractivity contribution in [3.05, 3.63) is 29.3 Å². The summed E-state index contributed by atoms with van der Waals surface area (Å²) in [5.41, 5.74) is -0.658. The second-order valence-corrected chi connectivity index (χ2v) is 9.69. The van der Waals surface area contributed by atoms with Crippen molar-refractivity contribution in [1.82, 2.24) is 10.6 Å². The van der Waals surface area contributed by atoms with E-state index in [1.165, 1.54) is 39.3 Å². The lowest BCUT2D eigenvalue weighted by molar-refractivity contribution is -0.127. The van der Waals surface area contributed by atoms with E-state index in [2.05, 4.69) is 10.6 Å². The Bertz CT molecular complexity index is 963. The number of nitrogens with one attached hydrogen (secondary N) is 2. The van der Waals surface area contributed by atoms with Crippen LogP contribution in [0.4, 0.5) is 4.79 Å². The molecule has 1 aromatic rings. The van der Waals surface area contributed by atoms with Gasteiger partial charge in [-0.15, -0.1) is 0 Å². The minimum Gasteiger partial charge on any atom is -0.480 e. The second kappa shape index (κ2) is 19.6. The third-order valence-electron chi connectivity index (χ3n) is 5.14. The van der Waals surface area contributed by atoms with Gasteiger partial charge in [-0.25, -0.2) is 14.4 Å². The number of methoxy groups -OCH3 is 2. The van der Waals surface area contributed by atoms with Gasteiger partial charge in [0.1, 0.15) is 16.9 Å². The lowest BCUT2D eigenvalue weighted by atomic mass is 10.1. The molecule has 41 heavy (non-hydrogen) atoms. The lowest BCUT2D eigenvalue weighted by Gasteiger charge is -2.19. The summed E-state index contributed by atoms with van der Waals surface area (Å²) in [6, 6.07) is 4.39. The molecule has 0 saturated carbocycles. The van der Waals surface area contributed by atoms with Crippen molar-refractivity contribution in [2.24, 2.45) is 0 Å². The maximum atomic E-state index is 12.4. The first-order valence-electron chi connectivity index (χ1n) is 13.4. The fourth-order valence-electron chi connectivity index (χ4n) is 3.22. The highest BCUT2D eigenvalue weighted by atomic mass is 16.6. The Hall–Kier alpha value is -3.42. The number of amides is 2. The highest BCUT2D eigenvalue weighted by molar-refractivity contribution is 6.05. The average Bonchev–Trinajstić information content (AvgIpc) is 2.92. The molecule has 0 aliphatic rings. The number of ether oxygens (including phenoxy) is 7. The summed E-state index contributed by atoms with van der Waals surface area (Å²) in [6.07, 6.45) is -0.142. The van der Waals surface area contributed by atoms with Crippen molar-refractivity contribution in [1.29, 1.82) is 0 Å². The van der Waals surface area contributed by atoms with Crippen molar-refractivity contribution in [3.63, 3.8) is 0 Å². The van der Waals surface area contributed by atoms with Crippen molar-refractivity contribution in [2.75, 3.05) is 67.0 Å². The van der Waals surface area contributed by atoms with Crippen LogP contribution in [0, 0.1) is 0 Å². The molecule has 232 valence electrons. The molecule has 2 amide bonds. The molecule has 0 aromatic heterocycles. The molecule has 1 atom stereocenters. The number of benzene rings is 1. The van der Waals surface area contributed by atoms with Crippen LogP contribution >= 0.6 is 0 Å². The van der Waals surface area contributed by atoms with Crippen LogP contribution < -0.4 is 15.4 Å². The maximum Gasteiger partial charge on any atom is 0.407 e. The molecule has 0 aliphatic heterocycles. The van der Waals surface area contributed by atoms with Crippen LogP contribution in [0.5, 0.6) is 5.75 Å². The molecule has 0 fully saturated rings. The summed E-state index contributed by atoms with van der Waals surface area (Å²) in [7, 11) is 2.37. The molecule has 1 aromatic carbocycles. The van der Waals surface area contributed by atoms with Crippen molar-refractivity contribution >= 4 is 23.9 Å². The third-order valence-corrected chi connectivity index (χ3v) is 5.14. The first kappa shape index (κ1) is 35.6. The maximum absolute atomic E-state index is 12.4. The quantitative estimate of drug-likeness (QED) is 0.140. The number of hydrogen-bond donors (Lipinski definition) is 2. The average molecular weight is 585 g/mol. The van der Waals surface area contributed by atoms with Crippen LogP contribution in [0.15, 0.2) is 18.2 Å². The fraction of sp³-hybridized carbons (Fsp3) is 0.643. The minimum absolute atomic E-state index is 0.0252. The van der Waals surface area contributed by atoms with Crippen LogP contribution in [0.2, 0.25) is 0 Å². The largest absolute Gasteiger partial charge is 0.480 e. The van der Waals surface area contributed by atoms with Gasteiger partial charge in [-0.05, 0) is 52.7 Å². The van der Waals surface area contributed by atoms with E-state index in [1.807, 2.05) is 20.8 Å². The van der Waals surface area contributed by atoms with E-state index < -0.39 is 35.6 Å². The highest BCUT2D eigenvalue weighted by Crippen LogP contribution is 2.25. The minimum atomic E-state index is -0.941. The Morgan fingerprint density at radius 1 is 0.780 bits per heavy atom. The van der Waals surface area contributed by atoms with E-state index in [-0.39, 0.29) is 16.9 Å². The van der Waals surface area contributed by atoms with E-state index in [4.69, 9.17) is 33.2 Å². The van der Waals surface area contributed by atoms with Crippen molar-refractivity contribution < 1.29 is 52.3 Å². The molecular weight excluding hydrogens is 540 g/mol. The number of carbonyl (C=O) groups is 4. The Labute approximate surface area is 241 Å². The van der Waals surface area contributed by atoms with E-state index >= 15 is 0 Å². The Morgan fingerprint density at radius 3 is 1.85 bits per heavy atom. The summed E-state index contributed by atoms with van der Waals surface area (Å²) >= 11 is 0. The first-order valence-corrected chi connectivity index (χ1v) is 13.4. The Morgan fingerprint density at radius 2 is 1.32 bits per heavy atom. The normalized spacial score (nSPS) is 11.8. The Balaban J connectivity index is 2.13. The van der Waals surface area contributed by atoms with Crippen LogP contribution in [0.3, 0.4) is 0 Å². The summed E-state index contributed by atoms with van der Waals surface area (Å²) in [5.74, 6) is -1.88. The van der Waals surface area contributed by atoms with Gasteiger partial charge in [0.25, 0.3) is 5.91 Å². The van der Waals surface area contributed by atoms with Gasteiger partial charge in [0.05, 0.1) is 46.2 Å². The highest BCUT2D eigenvalue weighted by Gasteiger charge is 2.25. The molecule has 0 heterocycles. The number of hydrogen-bond acceptors (Lipinski definition) is 11. The van der Waals surface area contributed by atoms with Crippen LogP contribution in [0.1, 0.15) is 61.3 Å². The lowest BCUT2D eigenvalue weighted by Crippen LogP contribution is -2.37. The van der Waals surface area contributed by atoms with E-state index in [1.54, 1.807) is 0 Å². The zero-order chi connectivity index (χ0) is 30.7. The number of esters is 2. The van der Waals surface area contributed by atoms with Gasteiger partial charge in [-0.2, -0.15) is 0 Å². The van der Waals surface area contributed by atoms with Gasteiger partial charge in [0.2, 0.25) is 0 Å². The molecule has 0 radical (unpaired) electrons. The van der Waals surface area contributed by atoms with Gasteiger partial charge in [-0.1, -0.05) is 6.07 Å². The van der Waals surface area contributed by atoms with Gasteiger partial charge in [0.15, 0.2) is 6.10 Å². The predicted molar refractivity (Wildman–Crippen MR) is 148 cm³/mol. The molecule has 13 nitrogen and oxygen atoms in total. The van der Waals surface area contributed by atoms with Gasteiger partial charge < -0.3 is 43.8 Å². The topological polar surface area (TPSA) is 157 Å². The molecule has 1 rings (SSSR count). The fourth-order valence-corrected chi connectivity index (χ4v) is 3.22. The van der Waals surface area contributed by atoms with Crippen molar-refractivity contribution in [2.45, 2.75) is 52.2 Å². The number of carbonyl (C=O) groups excluding carboxylic acids is 4. The van der Waals surface area contributed by atoms with Gasteiger partial charge in [0, 0.05) is 26.3 Å². The van der Waals surface area contributed by atoms with Crippen LogP contribution in [-0.4, -0.2) is 103 Å². The van der Waals surface area contributed by atoms with Crippen LogP contribution in [0.25, 0.3) is 0 Å².